The molecule has 0 saturated heterocycles. The summed E-state index contributed by atoms with van der Waals surface area (Å²) in [5.74, 6) is 4.25. The molecular weight excluding hydrogens is 164 g/mol. The van der Waals surface area contributed by atoms with E-state index in [1.165, 1.54) is 13.8 Å². The molecule has 0 bridgehead atoms. The molecule has 0 aromatic carbocycles. The summed E-state index contributed by atoms with van der Waals surface area (Å²) < 4.78 is 8.99. The van der Waals surface area contributed by atoms with Gasteiger partial charge in [-0.25, -0.2) is 0 Å². The van der Waals surface area contributed by atoms with Crippen LogP contribution >= 0.6 is 0 Å². The van der Waals surface area contributed by atoms with E-state index < -0.39 is 0 Å². The van der Waals surface area contributed by atoms with E-state index in [0.717, 1.165) is 0 Å². The van der Waals surface area contributed by atoms with Gasteiger partial charge in [0, 0.05) is 13.8 Å². The molecule has 0 aliphatic rings. The van der Waals surface area contributed by atoms with Gasteiger partial charge in [0.15, 0.2) is 13.2 Å². The summed E-state index contributed by atoms with van der Waals surface area (Å²) in [6.07, 6.45) is 0. The molecule has 0 aromatic heterocycles. The zero-order chi connectivity index (χ0) is 9.40. The van der Waals surface area contributed by atoms with Crippen molar-refractivity contribution in [3.8, 4) is 11.8 Å². The Morgan fingerprint density at radius 3 is 1.58 bits per heavy atom. The molecule has 0 unspecified atom stereocenters. The standard InChI is InChI=1S/C8H10O4/c1-7(9)11-5-3-4-6-12-8(2)10/h5-6H2,1-2H3/i3+1,4+1,5+1,6+1. The van der Waals surface area contributed by atoms with Gasteiger partial charge in [0.25, 0.3) is 0 Å². The molecule has 0 amide bonds. The van der Waals surface area contributed by atoms with Gasteiger partial charge in [0.2, 0.25) is 0 Å². The molecule has 0 heterocycles. The minimum Gasteiger partial charge on any atom is -0.453 e. The van der Waals surface area contributed by atoms with Gasteiger partial charge in [-0.3, -0.25) is 9.59 Å². The minimum atomic E-state index is -0.378. The smallest absolute Gasteiger partial charge is 0.303 e. The highest BCUT2D eigenvalue weighted by molar-refractivity contribution is 5.66. The topological polar surface area (TPSA) is 52.6 Å². The van der Waals surface area contributed by atoms with Crippen molar-refractivity contribution in [3.63, 3.8) is 0 Å². The van der Waals surface area contributed by atoms with Crippen LogP contribution in [-0.2, 0) is 19.1 Å². The lowest BCUT2D eigenvalue weighted by Crippen LogP contribution is -2.00. The fraction of sp³-hybridized carbons (Fsp3) is 0.500. The summed E-state index contributed by atoms with van der Waals surface area (Å²) in [6.45, 7) is 2.68. The normalized spacial score (nSPS) is 7.83. The molecule has 12 heavy (non-hydrogen) atoms. The van der Waals surface area contributed by atoms with E-state index in [4.69, 9.17) is 0 Å². The molecule has 66 valence electrons. The van der Waals surface area contributed by atoms with E-state index in [9.17, 15) is 9.59 Å². The van der Waals surface area contributed by atoms with Crippen molar-refractivity contribution in [2.24, 2.45) is 0 Å². The van der Waals surface area contributed by atoms with Crippen molar-refractivity contribution in [2.75, 3.05) is 13.2 Å². The first kappa shape index (κ1) is 10.5. The molecular formula is C8H10O4. The molecule has 0 radical (unpaired) electrons. The lowest BCUT2D eigenvalue weighted by atomic mass is 10.8. The zero-order valence-corrected chi connectivity index (χ0v) is 7.05. The summed E-state index contributed by atoms with van der Waals surface area (Å²) in [4.78, 5) is 20.4. The SMILES string of the molecule is CC(=O)O[13CH2][13C]#[13C][13CH2]OC(C)=O. The number of ether oxygens (including phenoxy) is 2. The predicted molar refractivity (Wildman–Crippen MR) is 41.0 cm³/mol. The minimum absolute atomic E-state index is 0.0383. The second kappa shape index (κ2) is 6.23. The summed E-state index contributed by atoms with van der Waals surface area (Å²) in [7, 11) is 0. The van der Waals surface area contributed by atoms with Crippen molar-refractivity contribution in [3.05, 3.63) is 0 Å². The molecule has 4 nitrogen and oxygen atoms in total. The highest BCUT2D eigenvalue weighted by atomic mass is 16.6. The maximum atomic E-state index is 10.2. The fourth-order valence-electron chi connectivity index (χ4n) is 0.377. The molecule has 0 spiro atoms. The van der Waals surface area contributed by atoms with Gasteiger partial charge in [0.05, 0.1) is 0 Å². The van der Waals surface area contributed by atoms with Gasteiger partial charge in [-0.05, 0) is 0 Å². The van der Waals surface area contributed by atoms with E-state index in [-0.39, 0.29) is 25.2 Å². The average Bonchev–Trinajstić information content (AvgIpc) is 1.95. The first-order chi connectivity index (χ1) is 5.63. The van der Waals surface area contributed by atoms with E-state index in [0.29, 0.717) is 0 Å². The van der Waals surface area contributed by atoms with E-state index in [1.54, 1.807) is 0 Å². The molecule has 0 atom stereocenters. The van der Waals surface area contributed by atoms with Crippen LogP contribution in [0.5, 0.6) is 0 Å². The van der Waals surface area contributed by atoms with E-state index in [1.807, 2.05) is 0 Å². The van der Waals surface area contributed by atoms with Gasteiger partial charge >= 0.3 is 11.9 Å². The predicted octanol–water partition coefficient (Wildman–Crippen LogP) is 0.116. The monoisotopic (exact) mass is 174 g/mol. The van der Waals surface area contributed by atoms with Crippen LogP contribution in [0.3, 0.4) is 0 Å². The third-order valence-corrected chi connectivity index (χ3v) is 0.820. The Morgan fingerprint density at radius 1 is 1.00 bits per heavy atom. The molecule has 0 aliphatic carbocycles. The van der Waals surface area contributed by atoms with Crippen LogP contribution in [0, 0.1) is 11.8 Å². The van der Waals surface area contributed by atoms with Crippen LogP contribution in [0.4, 0.5) is 0 Å². The third-order valence-electron chi connectivity index (χ3n) is 0.820. The lowest BCUT2D eigenvalue weighted by molar-refractivity contribution is -0.140. The van der Waals surface area contributed by atoms with Crippen LogP contribution in [0.25, 0.3) is 0 Å². The molecule has 4 heteroatoms. The van der Waals surface area contributed by atoms with Crippen LogP contribution in [0.2, 0.25) is 0 Å². The Kier molecular flexibility index (Phi) is 5.45. The molecule has 0 aromatic rings. The van der Waals surface area contributed by atoms with Crippen LogP contribution < -0.4 is 0 Å². The van der Waals surface area contributed by atoms with Crippen molar-refractivity contribution in [1.29, 1.82) is 0 Å². The summed E-state index contributed by atoms with van der Waals surface area (Å²) in [5, 5.41) is 0. The highest BCUT2D eigenvalue weighted by Crippen LogP contribution is 1.75. The van der Waals surface area contributed by atoms with E-state index >= 15 is 0 Å². The Bertz CT molecular complexity index is 199. The van der Waals surface area contributed by atoms with Crippen molar-refractivity contribution >= 4 is 11.9 Å². The van der Waals surface area contributed by atoms with Crippen molar-refractivity contribution in [2.45, 2.75) is 13.8 Å². The quantitative estimate of drug-likeness (QED) is 0.339. The number of hydrogen-bond donors (Lipinski definition) is 0. The number of carbonyl (C=O) groups is 2. The molecule has 0 aliphatic heterocycles. The largest absolute Gasteiger partial charge is 0.453 e. The van der Waals surface area contributed by atoms with Crippen LogP contribution in [0.15, 0.2) is 0 Å². The Labute approximate surface area is 70.8 Å². The second-order valence-electron chi connectivity index (χ2n) is 1.91. The molecule has 0 rings (SSSR count). The Balaban J connectivity index is 3.35. The maximum absolute atomic E-state index is 10.2. The molecule has 0 fully saturated rings. The molecule has 0 N–H and O–H groups in total. The lowest BCUT2D eigenvalue weighted by Gasteiger charge is -1.92. The number of rotatable bonds is 2. The average molecular weight is 174 g/mol. The first-order valence-corrected chi connectivity index (χ1v) is 3.35. The van der Waals surface area contributed by atoms with Gasteiger partial charge < -0.3 is 9.47 Å². The zero-order valence-electron chi connectivity index (χ0n) is 7.05. The van der Waals surface area contributed by atoms with Gasteiger partial charge in [-0.1, -0.05) is 11.8 Å². The highest BCUT2D eigenvalue weighted by Gasteiger charge is 1.87. The number of carbonyl (C=O) groups excluding carboxylic acids is 2. The first-order valence-electron chi connectivity index (χ1n) is 3.35. The third kappa shape index (κ3) is 8.50. The van der Waals surface area contributed by atoms with Gasteiger partial charge in [-0.2, -0.15) is 0 Å². The number of esters is 2. The summed E-state index contributed by atoms with van der Waals surface area (Å²) in [5.41, 5.74) is 0. The van der Waals surface area contributed by atoms with E-state index in [2.05, 4.69) is 21.3 Å². The van der Waals surface area contributed by atoms with Crippen LogP contribution in [0.1, 0.15) is 13.8 Å². The number of hydrogen-bond acceptors (Lipinski definition) is 4. The fourth-order valence-corrected chi connectivity index (χ4v) is 0.377. The Hall–Kier alpha value is -1.50. The summed E-state index contributed by atoms with van der Waals surface area (Å²) >= 11 is 0. The maximum Gasteiger partial charge on any atom is 0.303 e. The molecule has 0 saturated carbocycles. The van der Waals surface area contributed by atoms with Gasteiger partial charge in [0.1, 0.15) is 0 Å². The van der Waals surface area contributed by atoms with Crippen molar-refractivity contribution < 1.29 is 19.1 Å². The van der Waals surface area contributed by atoms with Crippen LogP contribution in [-0.4, -0.2) is 25.2 Å². The Morgan fingerprint density at radius 2 is 1.33 bits per heavy atom. The summed E-state index contributed by atoms with van der Waals surface area (Å²) in [6, 6.07) is 0. The second-order valence-corrected chi connectivity index (χ2v) is 1.91. The van der Waals surface area contributed by atoms with Gasteiger partial charge in [-0.15, -0.1) is 0 Å². The van der Waals surface area contributed by atoms with Crippen molar-refractivity contribution in [1.82, 2.24) is 0 Å².